The molecular formula is C6H16KN2NaO2. The first kappa shape index (κ1) is 19.6. The van der Waals surface area contributed by atoms with Gasteiger partial charge in [-0.25, -0.2) is 0 Å². The Balaban J connectivity index is -0.000000405. The average molecular weight is 210 g/mol. The third-order valence-corrected chi connectivity index (χ3v) is 1.29. The third-order valence-electron chi connectivity index (χ3n) is 1.29. The van der Waals surface area contributed by atoms with Crippen molar-refractivity contribution in [1.29, 1.82) is 0 Å². The van der Waals surface area contributed by atoms with E-state index in [1.165, 1.54) is 0 Å². The van der Waals surface area contributed by atoms with Gasteiger partial charge in [0.25, 0.3) is 0 Å². The van der Waals surface area contributed by atoms with Gasteiger partial charge in [0.05, 0.1) is 0 Å². The van der Waals surface area contributed by atoms with Crippen LogP contribution in [-0.2, 0) is 4.79 Å². The first-order chi connectivity index (χ1) is 4.68. The average Bonchev–Trinajstić information content (AvgIpc) is 1.88. The summed E-state index contributed by atoms with van der Waals surface area (Å²) in [6.45, 7) is 0.604. The molecular weight excluding hydrogens is 194 g/mol. The van der Waals surface area contributed by atoms with Crippen molar-refractivity contribution in [3.05, 3.63) is 0 Å². The SMILES string of the molecule is NCCCC[C@H](N)C(=O)O.[KH].[NaH]. The molecule has 0 aliphatic carbocycles. The van der Waals surface area contributed by atoms with E-state index in [1.807, 2.05) is 0 Å². The van der Waals surface area contributed by atoms with Crippen LogP contribution in [0.1, 0.15) is 19.3 Å². The van der Waals surface area contributed by atoms with Gasteiger partial charge in [-0.3, -0.25) is 4.79 Å². The fourth-order valence-electron chi connectivity index (χ4n) is 0.632. The van der Waals surface area contributed by atoms with Gasteiger partial charge in [0.1, 0.15) is 6.04 Å². The molecule has 0 fully saturated rings. The number of carboxylic acids is 1. The van der Waals surface area contributed by atoms with Gasteiger partial charge in [-0.2, -0.15) is 0 Å². The summed E-state index contributed by atoms with van der Waals surface area (Å²) in [4.78, 5) is 10.1. The van der Waals surface area contributed by atoms with Crippen molar-refractivity contribution < 1.29 is 9.90 Å². The Morgan fingerprint density at radius 1 is 1.42 bits per heavy atom. The van der Waals surface area contributed by atoms with Crippen molar-refractivity contribution in [3.8, 4) is 0 Å². The van der Waals surface area contributed by atoms with Crippen molar-refractivity contribution in [1.82, 2.24) is 0 Å². The molecule has 0 aliphatic heterocycles. The summed E-state index contributed by atoms with van der Waals surface area (Å²) in [6.07, 6.45) is 2.16. The minimum atomic E-state index is -0.933. The molecule has 0 heterocycles. The number of hydrogen-bond acceptors (Lipinski definition) is 3. The molecule has 0 aromatic rings. The Morgan fingerprint density at radius 3 is 2.25 bits per heavy atom. The molecule has 4 nitrogen and oxygen atoms in total. The van der Waals surface area contributed by atoms with Gasteiger partial charge in [0, 0.05) is 0 Å². The fraction of sp³-hybridized carbons (Fsp3) is 0.833. The number of rotatable bonds is 5. The number of aliphatic carboxylic acids is 1. The van der Waals surface area contributed by atoms with Crippen LogP contribution in [0.15, 0.2) is 0 Å². The van der Waals surface area contributed by atoms with Crippen molar-refractivity contribution >= 4 is 86.9 Å². The van der Waals surface area contributed by atoms with Crippen LogP contribution < -0.4 is 11.5 Å². The molecule has 12 heavy (non-hydrogen) atoms. The molecule has 0 aromatic carbocycles. The second-order valence-corrected chi connectivity index (χ2v) is 2.23. The zero-order valence-electron chi connectivity index (χ0n) is 5.92. The topological polar surface area (TPSA) is 89.3 Å². The van der Waals surface area contributed by atoms with Gasteiger partial charge in [0.2, 0.25) is 0 Å². The maximum atomic E-state index is 10.1. The Kier molecular flexibility index (Phi) is 21.3. The molecule has 0 amide bonds. The predicted octanol–water partition coefficient (Wildman–Crippen LogP) is -1.77. The van der Waals surface area contributed by atoms with Crippen LogP contribution in [0.4, 0.5) is 0 Å². The van der Waals surface area contributed by atoms with E-state index in [-0.39, 0.29) is 80.9 Å². The van der Waals surface area contributed by atoms with Gasteiger partial charge in [-0.15, -0.1) is 0 Å². The van der Waals surface area contributed by atoms with E-state index in [9.17, 15) is 4.79 Å². The zero-order chi connectivity index (χ0) is 7.98. The minimum absolute atomic E-state index is 0. The second-order valence-electron chi connectivity index (χ2n) is 2.23. The molecule has 0 rings (SSSR count). The Hall–Kier alpha value is 2.03. The molecule has 0 radical (unpaired) electrons. The summed E-state index contributed by atoms with van der Waals surface area (Å²) in [5.41, 5.74) is 10.4. The first-order valence-electron chi connectivity index (χ1n) is 3.37. The van der Waals surface area contributed by atoms with Crippen LogP contribution in [0.2, 0.25) is 0 Å². The third kappa shape index (κ3) is 12.0. The summed E-state index contributed by atoms with van der Waals surface area (Å²) >= 11 is 0. The number of nitrogens with two attached hydrogens (primary N) is 2. The van der Waals surface area contributed by atoms with E-state index in [0.717, 1.165) is 12.8 Å². The van der Waals surface area contributed by atoms with E-state index in [2.05, 4.69) is 0 Å². The standard InChI is InChI=1S/C6H14N2O2.K.Na.2H/c7-4-2-1-3-5(8)6(9)10;;;;/h5H,1-4,7-8H2,(H,9,10);;;;/t5-;;;;/m0..../s1. The Labute approximate surface area is 138 Å². The number of carboxylic acid groups (broad SMARTS) is 1. The van der Waals surface area contributed by atoms with Crippen LogP contribution in [0.25, 0.3) is 0 Å². The summed E-state index contributed by atoms with van der Waals surface area (Å²) < 4.78 is 0. The quantitative estimate of drug-likeness (QED) is 0.370. The van der Waals surface area contributed by atoms with Crippen LogP contribution in [-0.4, -0.2) is 105 Å². The molecule has 5 N–H and O–H groups in total. The van der Waals surface area contributed by atoms with E-state index >= 15 is 0 Å². The van der Waals surface area contributed by atoms with Crippen LogP contribution in [0, 0.1) is 0 Å². The normalized spacial score (nSPS) is 10.8. The van der Waals surface area contributed by atoms with E-state index < -0.39 is 12.0 Å². The zero-order valence-corrected chi connectivity index (χ0v) is 5.92. The molecule has 6 heteroatoms. The summed E-state index contributed by atoms with van der Waals surface area (Å²) in [5, 5.41) is 8.33. The van der Waals surface area contributed by atoms with E-state index in [1.54, 1.807) is 0 Å². The van der Waals surface area contributed by atoms with Crippen molar-refractivity contribution in [2.75, 3.05) is 6.54 Å². The van der Waals surface area contributed by atoms with Gasteiger partial charge in [-0.05, 0) is 19.4 Å². The summed E-state index contributed by atoms with van der Waals surface area (Å²) in [5.74, 6) is -0.933. The van der Waals surface area contributed by atoms with Gasteiger partial charge < -0.3 is 16.6 Å². The van der Waals surface area contributed by atoms with Gasteiger partial charge in [-0.1, -0.05) is 6.42 Å². The Morgan fingerprint density at radius 2 is 1.92 bits per heavy atom. The first-order valence-corrected chi connectivity index (χ1v) is 3.37. The van der Waals surface area contributed by atoms with E-state index in [0.29, 0.717) is 13.0 Å². The molecule has 0 saturated carbocycles. The van der Waals surface area contributed by atoms with Crippen molar-refractivity contribution in [3.63, 3.8) is 0 Å². The molecule has 64 valence electrons. The molecule has 0 saturated heterocycles. The molecule has 0 aliphatic rings. The predicted molar refractivity (Wildman–Crippen MR) is 52.8 cm³/mol. The Bertz CT molecular complexity index is 116. The van der Waals surface area contributed by atoms with Crippen molar-refractivity contribution in [2.24, 2.45) is 11.5 Å². The molecule has 0 unspecified atom stereocenters. The van der Waals surface area contributed by atoms with E-state index in [4.69, 9.17) is 16.6 Å². The molecule has 1 atom stereocenters. The number of hydrogen-bond donors (Lipinski definition) is 3. The monoisotopic (exact) mass is 210 g/mol. The fourth-order valence-corrected chi connectivity index (χ4v) is 0.632. The number of carbonyl (C=O) groups is 1. The van der Waals surface area contributed by atoms with Gasteiger partial charge in [0.15, 0.2) is 0 Å². The van der Waals surface area contributed by atoms with Crippen LogP contribution >= 0.6 is 0 Å². The van der Waals surface area contributed by atoms with Gasteiger partial charge >= 0.3 is 86.9 Å². The van der Waals surface area contributed by atoms with Crippen LogP contribution in [0.5, 0.6) is 0 Å². The summed E-state index contributed by atoms with van der Waals surface area (Å²) in [6, 6.07) is -0.716. The van der Waals surface area contributed by atoms with Crippen LogP contribution in [0.3, 0.4) is 0 Å². The molecule has 0 spiro atoms. The maximum absolute atomic E-state index is 10.1. The molecule has 0 bridgehead atoms. The number of unbranched alkanes of at least 4 members (excludes halogenated alkanes) is 1. The second kappa shape index (κ2) is 13.0. The summed E-state index contributed by atoms with van der Waals surface area (Å²) in [7, 11) is 0. The van der Waals surface area contributed by atoms with Crippen molar-refractivity contribution in [2.45, 2.75) is 25.3 Å². The molecule has 0 aromatic heterocycles.